The summed E-state index contributed by atoms with van der Waals surface area (Å²) in [4.78, 5) is 7.75. The molecule has 0 aliphatic heterocycles. The lowest BCUT2D eigenvalue weighted by molar-refractivity contribution is 0.787. The van der Waals surface area contributed by atoms with Gasteiger partial charge in [-0.15, -0.1) is 10.2 Å². The van der Waals surface area contributed by atoms with Crippen LogP contribution < -0.4 is 0 Å². The highest BCUT2D eigenvalue weighted by Crippen LogP contribution is 2.29. The van der Waals surface area contributed by atoms with Crippen LogP contribution in [0.15, 0.2) is 22.7 Å². The van der Waals surface area contributed by atoms with Gasteiger partial charge in [-0.1, -0.05) is 11.6 Å². The van der Waals surface area contributed by atoms with Crippen LogP contribution in [0.25, 0.3) is 0 Å². The van der Waals surface area contributed by atoms with E-state index in [1.807, 2.05) is 7.05 Å². The predicted octanol–water partition coefficient (Wildman–Crippen LogP) is 2.06. The van der Waals surface area contributed by atoms with Gasteiger partial charge in [0.05, 0.1) is 11.2 Å². The molecule has 15 heavy (non-hydrogen) atoms. The highest BCUT2D eigenvalue weighted by Gasteiger charge is 2.09. The second kappa shape index (κ2) is 4.34. The summed E-state index contributed by atoms with van der Waals surface area (Å²) in [6.07, 6.45) is 3.05. The molecule has 0 saturated heterocycles. The highest BCUT2D eigenvalue weighted by atomic mass is 35.5. The van der Waals surface area contributed by atoms with Crippen LogP contribution in [0, 0.1) is 0 Å². The van der Waals surface area contributed by atoms with Gasteiger partial charge in [0.1, 0.15) is 11.4 Å². The second-order valence-electron chi connectivity index (χ2n) is 2.62. The minimum absolute atomic E-state index is 0.157. The molecule has 2 rings (SSSR count). The van der Waals surface area contributed by atoms with Gasteiger partial charge in [-0.05, 0) is 23.4 Å². The SMILES string of the molecule is Cn1cnnc1Sc1nc(Cl)ncc1Cl. The molecule has 0 atom stereocenters. The van der Waals surface area contributed by atoms with Crippen LogP contribution in [0.5, 0.6) is 0 Å². The second-order valence-corrected chi connectivity index (χ2v) is 4.32. The molecule has 0 N–H and O–H groups in total. The van der Waals surface area contributed by atoms with E-state index in [1.165, 1.54) is 18.0 Å². The molecule has 2 heterocycles. The van der Waals surface area contributed by atoms with Crippen molar-refractivity contribution in [2.24, 2.45) is 7.05 Å². The monoisotopic (exact) mass is 261 g/mol. The standard InChI is InChI=1S/C7H5Cl2N5S/c1-14-3-11-13-7(14)15-5-4(8)2-10-6(9)12-5/h2-3H,1H3. The number of aromatic nitrogens is 5. The summed E-state index contributed by atoms with van der Waals surface area (Å²) in [6, 6.07) is 0. The Labute approximate surface area is 99.8 Å². The van der Waals surface area contributed by atoms with Gasteiger partial charge in [-0.3, -0.25) is 0 Å². The number of rotatable bonds is 2. The van der Waals surface area contributed by atoms with E-state index in [2.05, 4.69) is 20.2 Å². The zero-order valence-corrected chi connectivity index (χ0v) is 9.88. The normalized spacial score (nSPS) is 10.6. The lowest BCUT2D eigenvalue weighted by Gasteiger charge is -2.01. The minimum Gasteiger partial charge on any atom is -0.311 e. The zero-order valence-electron chi connectivity index (χ0n) is 7.55. The summed E-state index contributed by atoms with van der Waals surface area (Å²) in [7, 11) is 1.83. The molecule has 8 heteroatoms. The largest absolute Gasteiger partial charge is 0.311 e. The lowest BCUT2D eigenvalue weighted by atomic mass is 10.7. The average Bonchev–Trinajstić information content (AvgIpc) is 2.58. The van der Waals surface area contributed by atoms with Gasteiger partial charge in [-0.25, -0.2) is 9.97 Å². The first-order valence-corrected chi connectivity index (χ1v) is 5.44. The number of nitrogens with zero attached hydrogens (tertiary/aromatic N) is 5. The third kappa shape index (κ3) is 2.39. The molecule has 0 radical (unpaired) electrons. The summed E-state index contributed by atoms with van der Waals surface area (Å²) >= 11 is 12.8. The van der Waals surface area contributed by atoms with Crippen molar-refractivity contribution in [2.45, 2.75) is 10.2 Å². The molecular formula is C7H5Cl2N5S. The van der Waals surface area contributed by atoms with Gasteiger partial charge in [0.25, 0.3) is 0 Å². The van der Waals surface area contributed by atoms with E-state index in [4.69, 9.17) is 23.2 Å². The molecule has 0 aromatic carbocycles. The van der Waals surface area contributed by atoms with E-state index in [0.29, 0.717) is 15.2 Å². The van der Waals surface area contributed by atoms with Gasteiger partial charge in [0.2, 0.25) is 5.28 Å². The minimum atomic E-state index is 0.157. The van der Waals surface area contributed by atoms with Crippen molar-refractivity contribution >= 4 is 35.0 Å². The maximum absolute atomic E-state index is 5.90. The molecule has 0 unspecified atom stereocenters. The fourth-order valence-corrected chi connectivity index (χ4v) is 1.98. The summed E-state index contributed by atoms with van der Waals surface area (Å²) < 4.78 is 1.76. The Morgan fingerprint density at radius 1 is 1.40 bits per heavy atom. The Hall–Kier alpha value is -0.850. The fraction of sp³-hybridized carbons (Fsp3) is 0.143. The van der Waals surface area contributed by atoms with Crippen LogP contribution >= 0.6 is 35.0 Å². The number of halogens is 2. The maximum atomic E-state index is 5.90. The molecule has 0 fully saturated rings. The van der Waals surface area contributed by atoms with E-state index in [0.717, 1.165) is 0 Å². The third-order valence-electron chi connectivity index (χ3n) is 1.54. The molecule has 0 saturated carbocycles. The van der Waals surface area contributed by atoms with Crippen LogP contribution in [0.3, 0.4) is 0 Å². The Balaban J connectivity index is 2.32. The number of aryl methyl sites for hydroxylation is 1. The molecule has 0 bridgehead atoms. The van der Waals surface area contributed by atoms with E-state index < -0.39 is 0 Å². The predicted molar refractivity (Wildman–Crippen MR) is 57.2 cm³/mol. The lowest BCUT2D eigenvalue weighted by Crippen LogP contribution is -1.91. The highest BCUT2D eigenvalue weighted by molar-refractivity contribution is 7.99. The molecule has 0 aliphatic carbocycles. The van der Waals surface area contributed by atoms with Crippen molar-refractivity contribution in [1.82, 2.24) is 24.7 Å². The molecular weight excluding hydrogens is 257 g/mol. The molecule has 2 aromatic rings. The van der Waals surface area contributed by atoms with Crippen molar-refractivity contribution in [3.05, 3.63) is 22.8 Å². The van der Waals surface area contributed by atoms with Gasteiger partial charge in [0, 0.05) is 7.05 Å². The Morgan fingerprint density at radius 3 is 2.87 bits per heavy atom. The smallest absolute Gasteiger partial charge is 0.223 e. The maximum Gasteiger partial charge on any atom is 0.223 e. The summed E-state index contributed by atoms with van der Waals surface area (Å²) in [6.45, 7) is 0. The summed E-state index contributed by atoms with van der Waals surface area (Å²) in [5.41, 5.74) is 0. The molecule has 5 nitrogen and oxygen atoms in total. The number of hydrogen-bond donors (Lipinski definition) is 0. The van der Waals surface area contributed by atoms with Crippen molar-refractivity contribution in [3.8, 4) is 0 Å². The molecule has 0 spiro atoms. The first kappa shape index (κ1) is 10.7. The number of hydrogen-bond acceptors (Lipinski definition) is 5. The Morgan fingerprint density at radius 2 is 2.20 bits per heavy atom. The van der Waals surface area contributed by atoms with Gasteiger partial charge < -0.3 is 4.57 Å². The van der Waals surface area contributed by atoms with E-state index in [-0.39, 0.29) is 5.28 Å². The van der Waals surface area contributed by atoms with E-state index in [1.54, 1.807) is 10.9 Å². The molecule has 78 valence electrons. The molecule has 0 amide bonds. The van der Waals surface area contributed by atoms with Crippen molar-refractivity contribution in [3.63, 3.8) is 0 Å². The molecule has 0 aliphatic rings. The van der Waals surface area contributed by atoms with Crippen LogP contribution in [0.4, 0.5) is 0 Å². The van der Waals surface area contributed by atoms with Crippen LogP contribution in [0.1, 0.15) is 0 Å². The fourth-order valence-electron chi connectivity index (χ4n) is 0.854. The zero-order chi connectivity index (χ0) is 10.8. The van der Waals surface area contributed by atoms with Crippen molar-refractivity contribution < 1.29 is 0 Å². The topological polar surface area (TPSA) is 56.5 Å². The van der Waals surface area contributed by atoms with E-state index in [9.17, 15) is 0 Å². The summed E-state index contributed by atoms with van der Waals surface area (Å²) in [5, 5.41) is 9.48. The third-order valence-corrected chi connectivity index (χ3v) is 3.17. The first-order chi connectivity index (χ1) is 7.16. The van der Waals surface area contributed by atoms with Crippen LogP contribution in [-0.2, 0) is 7.05 Å². The van der Waals surface area contributed by atoms with Gasteiger partial charge >= 0.3 is 0 Å². The first-order valence-electron chi connectivity index (χ1n) is 3.86. The molecule has 2 aromatic heterocycles. The summed E-state index contributed by atoms with van der Waals surface area (Å²) in [5.74, 6) is 0. The van der Waals surface area contributed by atoms with Crippen molar-refractivity contribution in [2.75, 3.05) is 0 Å². The van der Waals surface area contributed by atoms with Crippen molar-refractivity contribution in [1.29, 1.82) is 0 Å². The van der Waals surface area contributed by atoms with Gasteiger partial charge in [-0.2, -0.15) is 0 Å². The average molecular weight is 262 g/mol. The van der Waals surface area contributed by atoms with Crippen LogP contribution in [-0.4, -0.2) is 24.7 Å². The van der Waals surface area contributed by atoms with E-state index >= 15 is 0 Å². The van der Waals surface area contributed by atoms with Gasteiger partial charge in [0.15, 0.2) is 5.16 Å². The van der Waals surface area contributed by atoms with Crippen LogP contribution in [0.2, 0.25) is 10.3 Å². The Bertz CT molecular complexity index is 486. The Kier molecular flexibility index (Phi) is 3.08. The quantitative estimate of drug-likeness (QED) is 0.612.